The Morgan fingerprint density at radius 3 is 2.47 bits per heavy atom. The Bertz CT molecular complexity index is 619. The fraction of sp³-hybridized carbons (Fsp3) is 0.429. The number of hydrogen-bond donors (Lipinski definition) is 1. The molecule has 0 saturated heterocycles. The van der Waals surface area contributed by atoms with Gasteiger partial charge in [-0.15, -0.1) is 0 Å². The first-order valence-electron chi connectivity index (χ1n) is 6.27. The van der Waals surface area contributed by atoms with E-state index in [1.54, 1.807) is 7.11 Å². The number of aromatic amines is 1. The summed E-state index contributed by atoms with van der Waals surface area (Å²) in [5, 5.41) is 7.25. The third kappa shape index (κ3) is 2.77. The van der Waals surface area contributed by atoms with Gasteiger partial charge in [0.25, 0.3) is 0 Å². The molecule has 5 heteroatoms. The lowest BCUT2D eigenvalue weighted by Crippen LogP contribution is -2.07. The molecule has 1 aromatic carbocycles. The van der Waals surface area contributed by atoms with Gasteiger partial charge in [0.05, 0.1) is 13.2 Å². The minimum atomic E-state index is 0.616. The molecule has 0 atom stereocenters. The van der Waals surface area contributed by atoms with Gasteiger partial charge in [0.15, 0.2) is 10.6 Å². The van der Waals surface area contributed by atoms with Gasteiger partial charge in [0.2, 0.25) is 0 Å². The Kier molecular flexibility index (Phi) is 4.17. The molecule has 1 N–H and O–H groups in total. The van der Waals surface area contributed by atoms with Crippen LogP contribution in [0.4, 0.5) is 0 Å². The molecule has 19 heavy (non-hydrogen) atoms. The Labute approximate surface area is 118 Å². The quantitative estimate of drug-likeness (QED) is 0.873. The lowest BCUT2D eigenvalue weighted by Gasteiger charge is -2.12. The second kappa shape index (κ2) is 5.67. The third-order valence-electron chi connectivity index (χ3n) is 3.18. The fourth-order valence-corrected chi connectivity index (χ4v) is 2.65. The minimum Gasteiger partial charge on any atom is -0.383 e. The SMILES string of the molecule is COCCn1c(-c2c(C)cc(C)cc2C)n[nH]c1=S. The molecular weight excluding hydrogens is 258 g/mol. The molecule has 0 unspecified atom stereocenters. The van der Waals surface area contributed by atoms with Crippen molar-refractivity contribution < 1.29 is 4.74 Å². The van der Waals surface area contributed by atoms with Gasteiger partial charge < -0.3 is 4.74 Å². The predicted molar refractivity (Wildman–Crippen MR) is 78.9 cm³/mol. The average molecular weight is 277 g/mol. The molecule has 0 saturated carbocycles. The molecular formula is C14H19N3OS. The van der Waals surface area contributed by atoms with Crippen LogP contribution in [-0.2, 0) is 11.3 Å². The average Bonchev–Trinajstić information content (AvgIpc) is 2.67. The highest BCUT2D eigenvalue weighted by molar-refractivity contribution is 7.71. The first-order valence-corrected chi connectivity index (χ1v) is 6.67. The highest BCUT2D eigenvalue weighted by Gasteiger charge is 2.14. The molecule has 0 spiro atoms. The molecule has 0 aliphatic carbocycles. The van der Waals surface area contributed by atoms with Crippen LogP contribution in [0.15, 0.2) is 12.1 Å². The van der Waals surface area contributed by atoms with Gasteiger partial charge in [0, 0.05) is 12.7 Å². The van der Waals surface area contributed by atoms with E-state index >= 15 is 0 Å². The van der Waals surface area contributed by atoms with Crippen LogP contribution in [0, 0.1) is 25.5 Å². The van der Waals surface area contributed by atoms with Gasteiger partial charge in [-0.05, 0) is 44.1 Å². The third-order valence-corrected chi connectivity index (χ3v) is 3.49. The van der Waals surface area contributed by atoms with Crippen LogP contribution in [0.3, 0.4) is 0 Å². The lowest BCUT2D eigenvalue weighted by molar-refractivity contribution is 0.187. The molecule has 0 fully saturated rings. The first kappa shape index (κ1) is 14.0. The van der Waals surface area contributed by atoms with Crippen LogP contribution in [0.2, 0.25) is 0 Å². The van der Waals surface area contributed by atoms with Crippen LogP contribution >= 0.6 is 12.2 Å². The summed E-state index contributed by atoms with van der Waals surface area (Å²) in [5.74, 6) is 0.886. The summed E-state index contributed by atoms with van der Waals surface area (Å²) in [6.45, 7) is 7.63. The van der Waals surface area contributed by atoms with E-state index in [1.165, 1.54) is 16.7 Å². The fourth-order valence-electron chi connectivity index (χ4n) is 2.43. The molecule has 0 amide bonds. The predicted octanol–water partition coefficient (Wildman–Crippen LogP) is 3.18. The van der Waals surface area contributed by atoms with Crippen molar-refractivity contribution in [1.29, 1.82) is 0 Å². The Morgan fingerprint density at radius 2 is 1.89 bits per heavy atom. The van der Waals surface area contributed by atoms with Crippen molar-refractivity contribution >= 4 is 12.2 Å². The van der Waals surface area contributed by atoms with Crippen LogP contribution in [0.1, 0.15) is 16.7 Å². The maximum absolute atomic E-state index is 5.29. The summed E-state index contributed by atoms with van der Waals surface area (Å²) in [5.41, 5.74) is 4.83. The normalized spacial score (nSPS) is 10.9. The summed E-state index contributed by atoms with van der Waals surface area (Å²) >= 11 is 5.29. The van der Waals surface area contributed by atoms with E-state index in [1.807, 2.05) is 4.57 Å². The molecule has 2 rings (SSSR count). The van der Waals surface area contributed by atoms with Crippen molar-refractivity contribution in [2.45, 2.75) is 27.3 Å². The van der Waals surface area contributed by atoms with Crippen LogP contribution in [-0.4, -0.2) is 28.5 Å². The summed E-state index contributed by atoms with van der Waals surface area (Å²) < 4.78 is 7.75. The van der Waals surface area contributed by atoms with Crippen molar-refractivity contribution in [3.05, 3.63) is 33.6 Å². The molecule has 1 heterocycles. The molecule has 0 aliphatic rings. The number of nitrogens with zero attached hydrogens (tertiary/aromatic N) is 2. The number of rotatable bonds is 4. The van der Waals surface area contributed by atoms with E-state index in [9.17, 15) is 0 Å². The van der Waals surface area contributed by atoms with E-state index in [4.69, 9.17) is 17.0 Å². The van der Waals surface area contributed by atoms with Gasteiger partial charge in [-0.2, -0.15) is 5.10 Å². The van der Waals surface area contributed by atoms with E-state index in [2.05, 4.69) is 43.1 Å². The summed E-state index contributed by atoms with van der Waals surface area (Å²) in [6.07, 6.45) is 0. The number of aromatic nitrogens is 3. The number of methoxy groups -OCH3 is 1. The lowest BCUT2D eigenvalue weighted by atomic mass is 9.99. The van der Waals surface area contributed by atoms with Crippen molar-refractivity contribution in [2.75, 3.05) is 13.7 Å². The topological polar surface area (TPSA) is 42.8 Å². The second-order valence-corrected chi connectivity index (χ2v) is 5.16. The maximum atomic E-state index is 5.29. The smallest absolute Gasteiger partial charge is 0.195 e. The van der Waals surface area contributed by atoms with Gasteiger partial charge >= 0.3 is 0 Å². The van der Waals surface area contributed by atoms with Gasteiger partial charge in [-0.25, -0.2) is 0 Å². The van der Waals surface area contributed by atoms with E-state index < -0.39 is 0 Å². The number of nitrogens with one attached hydrogen (secondary N) is 1. The van der Waals surface area contributed by atoms with Crippen molar-refractivity contribution in [3.63, 3.8) is 0 Å². The molecule has 0 bridgehead atoms. The number of hydrogen-bond acceptors (Lipinski definition) is 3. The first-order chi connectivity index (χ1) is 9.04. The van der Waals surface area contributed by atoms with Crippen LogP contribution < -0.4 is 0 Å². The molecule has 2 aromatic rings. The van der Waals surface area contributed by atoms with Gasteiger partial charge in [0.1, 0.15) is 0 Å². The number of benzene rings is 1. The zero-order valence-electron chi connectivity index (χ0n) is 11.8. The number of H-pyrrole nitrogens is 1. The van der Waals surface area contributed by atoms with Crippen LogP contribution in [0.5, 0.6) is 0 Å². The molecule has 4 nitrogen and oxygen atoms in total. The number of ether oxygens (including phenoxy) is 1. The van der Waals surface area contributed by atoms with E-state index in [-0.39, 0.29) is 0 Å². The Balaban J connectivity index is 2.56. The number of aryl methyl sites for hydroxylation is 3. The highest BCUT2D eigenvalue weighted by atomic mass is 32.1. The standard InChI is InChI=1S/C14H19N3OS/c1-9-7-10(2)12(11(3)8-9)13-15-16-14(19)17(13)5-6-18-4/h7-8H,5-6H2,1-4H3,(H,16,19). The zero-order chi connectivity index (χ0) is 14.0. The second-order valence-electron chi connectivity index (χ2n) is 4.77. The monoisotopic (exact) mass is 277 g/mol. The van der Waals surface area contributed by atoms with E-state index in [0.717, 1.165) is 11.4 Å². The zero-order valence-corrected chi connectivity index (χ0v) is 12.6. The van der Waals surface area contributed by atoms with Gasteiger partial charge in [-0.1, -0.05) is 17.7 Å². The van der Waals surface area contributed by atoms with E-state index in [0.29, 0.717) is 17.9 Å². The molecule has 102 valence electrons. The summed E-state index contributed by atoms with van der Waals surface area (Å²) in [4.78, 5) is 0. The Hall–Kier alpha value is -1.46. The van der Waals surface area contributed by atoms with Crippen molar-refractivity contribution in [1.82, 2.24) is 14.8 Å². The van der Waals surface area contributed by atoms with Crippen molar-refractivity contribution in [3.8, 4) is 11.4 Å². The summed E-state index contributed by atoms with van der Waals surface area (Å²) in [7, 11) is 1.69. The minimum absolute atomic E-state index is 0.616. The Morgan fingerprint density at radius 1 is 1.26 bits per heavy atom. The van der Waals surface area contributed by atoms with Crippen molar-refractivity contribution in [2.24, 2.45) is 0 Å². The summed E-state index contributed by atoms with van der Waals surface area (Å²) in [6, 6.07) is 4.33. The molecule has 0 radical (unpaired) electrons. The van der Waals surface area contributed by atoms with Gasteiger partial charge in [-0.3, -0.25) is 9.67 Å². The maximum Gasteiger partial charge on any atom is 0.195 e. The molecule has 0 aliphatic heterocycles. The van der Waals surface area contributed by atoms with Crippen LogP contribution in [0.25, 0.3) is 11.4 Å². The largest absolute Gasteiger partial charge is 0.383 e. The molecule has 1 aromatic heterocycles. The highest BCUT2D eigenvalue weighted by Crippen LogP contribution is 2.26.